The molecule has 0 saturated heterocycles. The van der Waals surface area contributed by atoms with Crippen LogP contribution in [-0.2, 0) is 27.8 Å². The lowest BCUT2D eigenvalue weighted by molar-refractivity contribution is -0.126. The van der Waals surface area contributed by atoms with Crippen molar-refractivity contribution in [3.8, 4) is 5.75 Å². The zero-order valence-electron chi connectivity index (χ0n) is 29.6. The topological polar surface area (TPSA) is 116 Å². The van der Waals surface area contributed by atoms with Crippen molar-refractivity contribution in [1.82, 2.24) is 4.72 Å². The van der Waals surface area contributed by atoms with E-state index in [4.69, 9.17) is 16.3 Å². The van der Waals surface area contributed by atoms with Gasteiger partial charge in [-0.15, -0.1) is 0 Å². The number of anilines is 2. The molecular formula is C40H48ClN3O6S. The van der Waals surface area contributed by atoms with E-state index < -0.39 is 26.8 Å². The van der Waals surface area contributed by atoms with Gasteiger partial charge in [-0.25, -0.2) is 13.1 Å². The monoisotopic (exact) mass is 733 g/mol. The Morgan fingerprint density at radius 3 is 2.59 bits per heavy atom. The number of ether oxygens (including phenoxy) is 1. The van der Waals surface area contributed by atoms with Crippen LogP contribution in [0.1, 0.15) is 73.9 Å². The van der Waals surface area contributed by atoms with Gasteiger partial charge in [0.1, 0.15) is 12.4 Å². The highest BCUT2D eigenvalue weighted by Gasteiger charge is 2.47. The van der Waals surface area contributed by atoms with E-state index in [0.29, 0.717) is 42.6 Å². The molecule has 3 aromatic rings. The Bertz CT molecular complexity index is 1890. The molecule has 6 rings (SSSR count). The molecule has 272 valence electrons. The summed E-state index contributed by atoms with van der Waals surface area (Å²) in [6.45, 7) is 4.91. The largest absolute Gasteiger partial charge is 0.487 e. The van der Waals surface area contributed by atoms with Crippen LogP contribution >= 0.6 is 11.6 Å². The number of allylic oxidation sites excluding steroid dienone is 1. The zero-order valence-corrected chi connectivity index (χ0v) is 31.1. The van der Waals surface area contributed by atoms with E-state index in [9.17, 15) is 23.1 Å². The van der Waals surface area contributed by atoms with E-state index in [0.717, 1.165) is 48.9 Å². The van der Waals surface area contributed by atoms with Gasteiger partial charge in [0.15, 0.2) is 0 Å². The van der Waals surface area contributed by atoms with Crippen LogP contribution in [-0.4, -0.2) is 56.3 Å². The number of sulfonamides is 1. The Kier molecular flexibility index (Phi) is 11.1. The number of aliphatic hydroxyl groups is 1. The van der Waals surface area contributed by atoms with E-state index in [1.165, 1.54) is 0 Å². The number of benzene rings is 3. The van der Waals surface area contributed by atoms with Gasteiger partial charge in [0, 0.05) is 36.4 Å². The van der Waals surface area contributed by atoms with Crippen molar-refractivity contribution in [1.29, 1.82) is 0 Å². The fraction of sp³-hybridized carbons (Fsp3) is 0.450. The first kappa shape index (κ1) is 36.9. The van der Waals surface area contributed by atoms with Gasteiger partial charge in [0.25, 0.3) is 5.91 Å². The minimum absolute atomic E-state index is 0.0468. The van der Waals surface area contributed by atoms with Crippen LogP contribution in [0.4, 0.5) is 11.4 Å². The standard InChI is InChI=1S/C40H48ClN3O6S/c1-27-10-9-20-40(47,24-38(45)43(3)34-12-5-4-6-13-34)35-18-15-31(35)25-44-21-8-7-11-29-22-33(41)17-14-32(29)26-50-37-19-16-30(23-36(37)44)39(46)42-51(48,49)28(27)2/h4-6,9,12-14,16-17,19-20,22-23,27-28,31,35,47H,7-8,10-11,15,18,21,24-26H2,1-3H3,(H,42,46)/b20-9+/t27-,28+,31-,35+,40-/m0/s1. The van der Waals surface area contributed by atoms with E-state index in [2.05, 4.69) is 9.62 Å². The Morgan fingerprint density at radius 2 is 1.84 bits per heavy atom. The Labute approximate surface area is 306 Å². The van der Waals surface area contributed by atoms with E-state index in [1.807, 2.05) is 55.5 Å². The van der Waals surface area contributed by atoms with Crippen LogP contribution in [0, 0.1) is 17.8 Å². The van der Waals surface area contributed by atoms with Gasteiger partial charge >= 0.3 is 0 Å². The molecule has 2 heterocycles. The molecule has 11 heteroatoms. The minimum Gasteiger partial charge on any atom is -0.487 e. The van der Waals surface area contributed by atoms with Crippen molar-refractivity contribution in [2.24, 2.45) is 17.8 Å². The molecule has 0 radical (unpaired) electrons. The second kappa shape index (κ2) is 15.4. The summed E-state index contributed by atoms with van der Waals surface area (Å²) in [6, 6.07) is 20.3. The first-order valence-electron chi connectivity index (χ1n) is 17.9. The number of nitrogens with one attached hydrogen (secondary N) is 1. The van der Waals surface area contributed by atoms with Crippen molar-refractivity contribution in [3.05, 3.63) is 101 Å². The fourth-order valence-corrected chi connectivity index (χ4v) is 9.02. The molecular weight excluding hydrogens is 686 g/mol. The number of rotatable bonds is 3. The average Bonchev–Trinajstić information content (AvgIpc) is 3.12. The molecule has 2 bridgehead atoms. The third-order valence-electron chi connectivity index (χ3n) is 11.1. The number of fused-ring (bicyclic) bond motifs is 3. The van der Waals surface area contributed by atoms with Gasteiger partial charge in [-0.3, -0.25) is 9.59 Å². The summed E-state index contributed by atoms with van der Waals surface area (Å²) in [7, 11) is -2.33. The Balaban J connectivity index is 1.38. The van der Waals surface area contributed by atoms with Gasteiger partial charge in [-0.05, 0) is 117 Å². The third-order valence-corrected chi connectivity index (χ3v) is 13.3. The predicted octanol–water partition coefficient (Wildman–Crippen LogP) is 6.92. The number of carbonyl (C=O) groups is 2. The Hall–Kier alpha value is -3.86. The predicted molar refractivity (Wildman–Crippen MR) is 202 cm³/mol. The first-order chi connectivity index (χ1) is 24.3. The summed E-state index contributed by atoms with van der Waals surface area (Å²) in [5.74, 6) is -0.870. The van der Waals surface area contributed by atoms with Gasteiger partial charge in [0.2, 0.25) is 15.9 Å². The molecule has 1 fully saturated rings. The first-order valence-corrected chi connectivity index (χ1v) is 19.8. The maximum absolute atomic E-state index is 13.8. The SMILES string of the molecule is C[C@@H]1[C@@H](C)C/C=C/[C@](O)(CC(=O)N(C)c2ccccc2)[C@@H]2CC[C@H]2CN2CCCCc3cc(Cl)ccc3COc3ccc(cc32)C(=O)NS1(=O)=O. The summed E-state index contributed by atoms with van der Waals surface area (Å²) < 4.78 is 35.7. The number of carbonyl (C=O) groups excluding carboxylic acids is 2. The molecule has 2 aliphatic heterocycles. The molecule has 0 spiro atoms. The molecule has 3 aliphatic rings. The number of para-hydroxylation sites is 1. The van der Waals surface area contributed by atoms with Crippen molar-refractivity contribution in [2.75, 3.05) is 29.9 Å². The van der Waals surface area contributed by atoms with Crippen LogP contribution in [0.25, 0.3) is 0 Å². The lowest BCUT2D eigenvalue weighted by Crippen LogP contribution is -2.52. The molecule has 0 aromatic heterocycles. The molecule has 2 amide bonds. The summed E-state index contributed by atoms with van der Waals surface area (Å²) in [6.07, 6.45) is 7.94. The van der Waals surface area contributed by atoms with E-state index in [-0.39, 0.29) is 35.6 Å². The van der Waals surface area contributed by atoms with Crippen LogP contribution in [0.15, 0.2) is 78.9 Å². The highest BCUT2D eigenvalue weighted by atomic mass is 35.5. The maximum Gasteiger partial charge on any atom is 0.264 e. The minimum atomic E-state index is -4.05. The number of hydrogen-bond acceptors (Lipinski definition) is 7. The summed E-state index contributed by atoms with van der Waals surface area (Å²) in [5.41, 5.74) is 2.36. The van der Waals surface area contributed by atoms with E-state index >= 15 is 0 Å². The van der Waals surface area contributed by atoms with Gasteiger partial charge in [-0.1, -0.05) is 54.9 Å². The summed E-state index contributed by atoms with van der Waals surface area (Å²) >= 11 is 6.36. The lowest BCUT2D eigenvalue weighted by atomic mass is 9.63. The summed E-state index contributed by atoms with van der Waals surface area (Å²) in [5, 5.41) is 12.2. The second-order valence-electron chi connectivity index (χ2n) is 14.5. The number of amides is 2. The van der Waals surface area contributed by atoms with Crippen LogP contribution in [0.3, 0.4) is 0 Å². The molecule has 0 unspecified atom stereocenters. The van der Waals surface area contributed by atoms with Gasteiger partial charge < -0.3 is 19.6 Å². The molecule has 1 aliphatic carbocycles. The smallest absolute Gasteiger partial charge is 0.264 e. The van der Waals surface area contributed by atoms with Crippen LogP contribution in [0.5, 0.6) is 5.75 Å². The molecule has 1 saturated carbocycles. The number of halogens is 1. The number of aryl methyl sites for hydroxylation is 1. The highest BCUT2D eigenvalue weighted by molar-refractivity contribution is 7.90. The van der Waals surface area contributed by atoms with Crippen LogP contribution in [0.2, 0.25) is 5.02 Å². The molecule has 5 atom stereocenters. The maximum atomic E-state index is 13.8. The second-order valence-corrected chi connectivity index (χ2v) is 17.0. The van der Waals surface area contributed by atoms with Crippen molar-refractivity contribution < 1.29 is 27.9 Å². The van der Waals surface area contributed by atoms with Crippen LogP contribution < -0.4 is 19.3 Å². The zero-order chi connectivity index (χ0) is 36.3. The van der Waals surface area contributed by atoms with Gasteiger partial charge in [-0.2, -0.15) is 0 Å². The van der Waals surface area contributed by atoms with Gasteiger partial charge in [0.05, 0.1) is 23.0 Å². The molecule has 3 aromatic carbocycles. The highest BCUT2D eigenvalue weighted by Crippen LogP contribution is 2.46. The Morgan fingerprint density at radius 1 is 1.06 bits per heavy atom. The molecule has 51 heavy (non-hydrogen) atoms. The molecule has 2 N–H and O–H groups in total. The quantitative estimate of drug-likeness (QED) is 0.281. The van der Waals surface area contributed by atoms with Crippen molar-refractivity contribution in [2.45, 2.75) is 76.3 Å². The number of hydrogen-bond donors (Lipinski definition) is 2. The lowest BCUT2D eigenvalue weighted by Gasteiger charge is -2.48. The average molecular weight is 734 g/mol. The van der Waals surface area contributed by atoms with Crippen molar-refractivity contribution >= 4 is 44.8 Å². The fourth-order valence-electron chi connectivity index (χ4n) is 7.54. The normalized spacial score (nSPS) is 27.2. The molecule has 9 nitrogen and oxygen atoms in total. The number of nitrogens with zero attached hydrogens (tertiary/aromatic N) is 2. The third kappa shape index (κ3) is 8.29. The van der Waals surface area contributed by atoms with Crippen molar-refractivity contribution in [3.63, 3.8) is 0 Å². The van der Waals surface area contributed by atoms with E-state index in [1.54, 1.807) is 49.2 Å². The summed E-state index contributed by atoms with van der Waals surface area (Å²) in [4.78, 5) is 31.1.